The number of amides is 1. The van der Waals surface area contributed by atoms with Crippen LogP contribution in [0.5, 0.6) is 0 Å². The summed E-state index contributed by atoms with van der Waals surface area (Å²) in [4.78, 5) is 26.3. The summed E-state index contributed by atoms with van der Waals surface area (Å²) in [5.41, 5.74) is 0.0347. The highest BCUT2D eigenvalue weighted by Crippen LogP contribution is 2.16. The minimum absolute atomic E-state index is 0.00245. The van der Waals surface area contributed by atoms with Crippen molar-refractivity contribution >= 4 is 23.2 Å². The van der Waals surface area contributed by atoms with Gasteiger partial charge in [-0.3, -0.25) is 4.79 Å². The SMILES string of the molecule is O=C(CCC1CCCNC1)NCc1nc(C(=O)O)cs1. The Bertz CT molecular complexity index is 469. The molecule has 2 rings (SSSR count). The lowest BCUT2D eigenvalue weighted by Gasteiger charge is -2.22. The third-order valence-corrected chi connectivity index (χ3v) is 4.24. The number of aromatic carboxylic acids is 1. The molecular weight excluding hydrogens is 278 g/mol. The van der Waals surface area contributed by atoms with Crippen LogP contribution in [0.1, 0.15) is 41.2 Å². The predicted octanol–water partition coefficient (Wildman–Crippen LogP) is 1.24. The Morgan fingerprint density at radius 3 is 3.05 bits per heavy atom. The number of carboxylic acid groups (broad SMARTS) is 1. The quantitative estimate of drug-likeness (QED) is 0.735. The molecule has 1 aromatic heterocycles. The molecule has 3 N–H and O–H groups in total. The van der Waals surface area contributed by atoms with Gasteiger partial charge in [0.25, 0.3) is 0 Å². The molecule has 0 bridgehead atoms. The summed E-state index contributed by atoms with van der Waals surface area (Å²) in [6.07, 6.45) is 3.79. The zero-order valence-corrected chi connectivity index (χ0v) is 12.0. The molecule has 0 aromatic carbocycles. The van der Waals surface area contributed by atoms with Gasteiger partial charge in [0.1, 0.15) is 5.01 Å². The zero-order valence-electron chi connectivity index (χ0n) is 11.2. The first kappa shape index (κ1) is 14.9. The number of thiazole rings is 1. The van der Waals surface area contributed by atoms with Gasteiger partial charge in [-0.15, -0.1) is 11.3 Å². The highest BCUT2D eigenvalue weighted by molar-refractivity contribution is 7.09. The fourth-order valence-corrected chi connectivity index (χ4v) is 2.97. The molecule has 1 atom stereocenters. The van der Waals surface area contributed by atoms with Gasteiger partial charge >= 0.3 is 5.97 Å². The van der Waals surface area contributed by atoms with E-state index in [4.69, 9.17) is 5.11 Å². The van der Waals surface area contributed by atoms with Crippen LogP contribution in [-0.4, -0.2) is 35.1 Å². The molecule has 0 aliphatic carbocycles. The molecule has 1 aliphatic heterocycles. The normalized spacial score (nSPS) is 18.7. The van der Waals surface area contributed by atoms with E-state index in [0.29, 0.717) is 23.9 Å². The van der Waals surface area contributed by atoms with Gasteiger partial charge in [0.2, 0.25) is 5.91 Å². The smallest absolute Gasteiger partial charge is 0.355 e. The van der Waals surface area contributed by atoms with Gasteiger partial charge in [0.15, 0.2) is 5.69 Å². The van der Waals surface area contributed by atoms with Crippen molar-refractivity contribution in [3.05, 3.63) is 16.1 Å². The first-order chi connectivity index (χ1) is 9.65. The molecule has 1 amide bonds. The number of carbonyl (C=O) groups excluding carboxylic acids is 1. The average molecular weight is 297 g/mol. The molecule has 6 nitrogen and oxygen atoms in total. The molecule has 2 heterocycles. The Morgan fingerprint density at radius 1 is 1.55 bits per heavy atom. The Kier molecular flexibility index (Phi) is 5.49. The van der Waals surface area contributed by atoms with Crippen LogP contribution in [0.25, 0.3) is 0 Å². The maximum Gasteiger partial charge on any atom is 0.355 e. The minimum Gasteiger partial charge on any atom is -0.476 e. The van der Waals surface area contributed by atoms with Crippen molar-refractivity contribution in [3.63, 3.8) is 0 Å². The van der Waals surface area contributed by atoms with Gasteiger partial charge in [-0.25, -0.2) is 9.78 Å². The van der Waals surface area contributed by atoms with E-state index in [9.17, 15) is 9.59 Å². The van der Waals surface area contributed by atoms with Crippen molar-refractivity contribution in [2.75, 3.05) is 13.1 Å². The Hall–Kier alpha value is -1.47. The third kappa shape index (κ3) is 4.57. The predicted molar refractivity (Wildman–Crippen MR) is 75.7 cm³/mol. The number of carbonyl (C=O) groups is 2. The van der Waals surface area contributed by atoms with Crippen LogP contribution in [0.15, 0.2) is 5.38 Å². The van der Waals surface area contributed by atoms with Crippen molar-refractivity contribution in [1.29, 1.82) is 0 Å². The van der Waals surface area contributed by atoms with Gasteiger partial charge in [0, 0.05) is 11.8 Å². The Balaban J connectivity index is 1.67. The van der Waals surface area contributed by atoms with E-state index in [-0.39, 0.29) is 11.6 Å². The summed E-state index contributed by atoms with van der Waals surface area (Å²) >= 11 is 1.25. The van der Waals surface area contributed by atoms with E-state index >= 15 is 0 Å². The molecule has 1 unspecified atom stereocenters. The lowest BCUT2D eigenvalue weighted by molar-refractivity contribution is -0.121. The molecule has 0 saturated carbocycles. The first-order valence-corrected chi connectivity index (χ1v) is 7.68. The molecular formula is C13H19N3O3S. The van der Waals surface area contributed by atoms with Crippen LogP contribution < -0.4 is 10.6 Å². The van der Waals surface area contributed by atoms with E-state index in [2.05, 4.69) is 15.6 Å². The second kappa shape index (κ2) is 7.35. The van der Waals surface area contributed by atoms with Crippen LogP contribution in [-0.2, 0) is 11.3 Å². The Morgan fingerprint density at radius 2 is 2.40 bits per heavy atom. The van der Waals surface area contributed by atoms with Crippen LogP contribution in [0.3, 0.4) is 0 Å². The number of nitrogens with zero attached hydrogens (tertiary/aromatic N) is 1. The van der Waals surface area contributed by atoms with Gasteiger partial charge in [-0.2, -0.15) is 0 Å². The van der Waals surface area contributed by atoms with Crippen molar-refractivity contribution < 1.29 is 14.7 Å². The topological polar surface area (TPSA) is 91.3 Å². The average Bonchev–Trinajstić information content (AvgIpc) is 2.93. The number of piperidine rings is 1. The maximum atomic E-state index is 11.7. The molecule has 1 aromatic rings. The second-order valence-corrected chi connectivity index (χ2v) is 5.90. The molecule has 0 spiro atoms. The summed E-state index contributed by atoms with van der Waals surface area (Å²) in [6, 6.07) is 0. The fourth-order valence-electron chi connectivity index (χ4n) is 2.26. The van der Waals surface area contributed by atoms with E-state index < -0.39 is 5.97 Å². The summed E-state index contributed by atoms with van der Waals surface area (Å²) in [7, 11) is 0. The highest BCUT2D eigenvalue weighted by Gasteiger charge is 2.15. The van der Waals surface area contributed by atoms with E-state index in [1.165, 1.54) is 29.6 Å². The third-order valence-electron chi connectivity index (χ3n) is 3.39. The standard InChI is InChI=1S/C13H19N3O3S/c17-11(4-3-9-2-1-5-14-6-9)15-7-12-16-10(8-20-12)13(18)19/h8-9,14H,1-7H2,(H,15,17)(H,18,19). The van der Waals surface area contributed by atoms with Gasteiger partial charge < -0.3 is 15.7 Å². The molecule has 20 heavy (non-hydrogen) atoms. The molecule has 1 aliphatic rings. The highest BCUT2D eigenvalue weighted by atomic mass is 32.1. The number of rotatable bonds is 6. The monoisotopic (exact) mass is 297 g/mol. The van der Waals surface area contributed by atoms with Crippen molar-refractivity contribution in [2.24, 2.45) is 5.92 Å². The summed E-state index contributed by atoms with van der Waals surface area (Å²) in [5, 5.41) is 17.0. The number of aromatic nitrogens is 1. The largest absolute Gasteiger partial charge is 0.476 e. The first-order valence-electron chi connectivity index (χ1n) is 6.80. The van der Waals surface area contributed by atoms with Crippen molar-refractivity contribution in [2.45, 2.75) is 32.2 Å². The van der Waals surface area contributed by atoms with Crippen LogP contribution in [0.4, 0.5) is 0 Å². The Labute approximate surface area is 121 Å². The zero-order chi connectivity index (χ0) is 14.4. The number of hydrogen-bond donors (Lipinski definition) is 3. The molecule has 1 fully saturated rings. The second-order valence-electron chi connectivity index (χ2n) is 4.96. The number of hydrogen-bond acceptors (Lipinski definition) is 5. The molecule has 0 radical (unpaired) electrons. The molecule has 1 saturated heterocycles. The van der Waals surface area contributed by atoms with Crippen LogP contribution >= 0.6 is 11.3 Å². The fraction of sp³-hybridized carbons (Fsp3) is 0.615. The minimum atomic E-state index is -1.04. The van der Waals surface area contributed by atoms with E-state index in [1.54, 1.807) is 0 Å². The van der Waals surface area contributed by atoms with Gasteiger partial charge in [0.05, 0.1) is 6.54 Å². The lowest BCUT2D eigenvalue weighted by atomic mass is 9.94. The number of carboxylic acids is 1. The van der Waals surface area contributed by atoms with Gasteiger partial charge in [-0.1, -0.05) is 0 Å². The van der Waals surface area contributed by atoms with Gasteiger partial charge in [-0.05, 0) is 38.3 Å². The van der Waals surface area contributed by atoms with E-state index in [1.807, 2.05) is 0 Å². The van der Waals surface area contributed by atoms with Crippen molar-refractivity contribution in [1.82, 2.24) is 15.6 Å². The summed E-state index contributed by atoms with van der Waals surface area (Å²) in [6.45, 7) is 2.39. The number of nitrogens with one attached hydrogen (secondary N) is 2. The summed E-state index contributed by atoms with van der Waals surface area (Å²) < 4.78 is 0. The molecule has 7 heteroatoms. The van der Waals surface area contributed by atoms with Crippen molar-refractivity contribution in [3.8, 4) is 0 Å². The molecule has 110 valence electrons. The lowest BCUT2D eigenvalue weighted by Crippen LogP contribution is -2.31. The maximum absolute atomic E-state index is 11.7. The van der Waals surface area contributed by atoms with Crippen LogP contribution in [0, 0.1) is 5.92 Å². The van der Waals surface area contributed by atoms with E-state index in [0.717, 1.165) is 19.5 Å². The summed E-state index contributed by atoms with van der Waals surface area (Å²) in [5.74, 6) is -0.445. The van der Waals surface area contributed by atoms with Crippen LogP contribution in [0.2, 0.25) is 0 Å².